The summed E-state index contributed by atoms with van der Waals surface area (Å²) >= 11 is 5.06. The molecule has 114 valence electrons. The molecule has 0 bridgehead atoms. The molecular formula is C17H24N2OS. The summed E-state index contributed by atoms with van der Waals surface area (Å²) in [5, 5.41) is 3.07. The number of nitrogens with one attached hydrogen (secondary N) is 1. The number of para-hydroxylation sites is 1. The van der Waals surface area contributed by atoms with Crippen molar-refractivity contribution < 1.29 is 4.79 Å². The lowest BCUT2D eigenvalue weighted by molar-refractivity contribution is -0.126. The fraction of sp³-hybridized carbons (Fsp3) is 0.529. The number of hydrogen-bond acceptors (Lipinski definition) is 2. The first kappa shape index (κ1) is 16.0. The van der Waals surface area contributed by atoms with Gasteiger partial charge in [0, 0.05) is 11.0 Å². The Bertz CT molecular complexity index is 533. The first-order valence-electron chi connectivity index (χ1n) is 7.65. The van der Waals surface area contributed by atoms with Crippen LogP contribution in [0.4, 0.5) is 5.69 Å². The zero-order valence-electron chi connectivity index (χ0n) is 12.8. The maximum atomic E-state index is 12.9. The van der Waals surface area contributed by atoms with Crippen molar-refractivity contribution in [1.82, 2.24) is 0 Å². The number of rotatable bonds is 5. The van der Waals surface area contributed by atoms with Crippen LogP contribution in [0.15, 0.2) is 24.3 Å². The average Bonchev–Trinajstić information content (AvgIpc) is 2.88. The van der Waals surface area contributed by atoms with Crippen LogP contribution in [0.3, 0.4) is 0 Å². The fourth-order valence-corrected chi connectivity index (χ4v) is 3.60. The lowest BCUT2D eigenvalue weighted by atomic mass is 9.77. The molecule has 0 radical (unpaired) electrons. The van der Waals surface area contributed by atoms with Gasteiger partial charge in [-0.1, -0.05) is 51.0 Å². The van der Waals surface area contributed by atoms with Crippen LogP contribution >= 0.6 is 12.2 Å². The molecule has 1 amide bonds. The predicted octanol–water partition coefficient (Wildman–Crippen LogP) is 3.87. The van der Waals surface area contributed by atoms with E-state index >= 15 is 0 Å². The maximum Gasteiger partial charge on any atom is 0.230 e. The highest BCUT2D eigenvalue weighted by atomic mass is 32.1. The average molecular weight is 304 g/mol. The third kappa shape index (κ3) is 3.62. The molecule has 2 rings (SSSR count). The summed E-state index contributed by atoms with van der Waals surface area (Å²) in [5.74, 6) is 0.636. The van der Waals surface area contributed by atoms with Crippen LogP contribution < -0.4 is 11.1 Å². The van der Waals surface area contributed by atoms with E-state index in [1.165, 1.54) is 0 Å². The van der Waals surface area contributed by atoms with Gasteiger partial charge in [0.25, 0.3) is 0 Å². The van der Waals surface area contributed by atoms with E-state index in [9.17, 15) is 4.79 Å². The summed E-state index contributed by atoms with van der Waals surface area (Å²) in [4.78, 5) is 13.2. The van der Waals surface area contributed by atoms with Gasteiger partial charge in [-0.2, -0.15) is 0 Å². The molecule has 3 N–H and O–H groups in total. The first-order valence-corrected chi connectivity index (χ1v) is 8.06. The van der Waals surface area contributed by atoms with E-state index in [0.717, 1.165) is 43.4 Å². The third-order valence-electron chi connectivity index (χ3n) is 4.28. The number of hydrogen-bond donors (Lipinski definition) is 2. The van der Waals surface area contributed by atoms with Crippen LogP contribution in [0, 0.1) is 11.3 Å². The molecule has 0 saturated heterocycles. The zero-order valence-corrected chi connectivity index (χ0v) is 13.6. The van der Waals surface area contributed by atoms with E-state index in [4.69, 9.17) is 18.0 Å². The zero-order chi connectivity index (χ0) is 15.5. The fourth-order valence-electron chi connectivity index (χ4n) is 3.42. The Morgan fingerprint density at radius 2 is 1.95 bits per heavy atom. The van der Waals surface area contributed by atoms with Gasteiger partial charge in [0.1, 0.15) is 4.99 Å². The third-order valence-corrected chi connectivity index (χ3v) is 4.50. The number of carbonyl (C=O) groups is 1. The SMILES string of the molecule is CC(C)CC1(C(=O)Nc2ccccc2C(N)=S)CCCC1. The number of carbonyl (C=O) groups excluding carboxylic acids is 1. The highest BCUT2D eigenvalue weighted by molar-refractivity contribution is 7.80. The van der Waals surface area contributed by atoms with E-state index in [2.05, 4.69) is 19.2 Å². The number of anilines is 1. The van der Waals surface area contributed by atoms with Gasteiger partial charge >= 0.3 is 0 Å². The minimum atomic E-state index is -0.225. The molecule has 0 heterocycles. The Kier molecular flexibility index (Phi) is 4.99. The molecule has 1 saturated carbocycles. The van der Waals surface area contributed by atoms with E-state index in [1.807, 2.05) is 24.3 Å². The highest BCUT2D eigenvalue weighted by Gasteiger charge is 2.41. The number of amides is 1. The van der Waals surface area contributed by atoms with E-state index in [0.29, 0.717) is 10.9 Å². The molecule has 4 heteroatoms. The van der Waals surface area contributed by atoms with Gasteiger partial charge in [0.05, 0.1) is 5.69 Å². The van der Waals surface area contributed by atoms with Gasteiger partial charge < -0.3 is 11.1 Å². The standard InChI is InChI=1S/C17H24N2OS/c1-12(2)11-17(9-5-6-10-17)16(20)19-14-8-4-3-7-13(14)15(18)21/h3-4,7-8,12H,5-6,9-11H2,1-2H3,(H2,18,21)(H,19,20). The summed E-state index contributed by atoms with van der Waals surface area (Å²) < 4.78 is 0. The van der Waals surface area contributed by atoms with Crippen molar-refractivity contribution >= 4 is 28.8 Å². The Morgan fingerprint density at radius 1 is 1.33 bits per heavy atom. The van der Waals surface area contributed by atoms with Crippen molar-refractivity contribution in [2.75, 3.05) is 5.32 Å². The molecule has 0 atom stereocenters. The molecule has 1 aromatic rings. The van der Waals surface area contributed by atoms with Crippen molar-refractivity contribution in [3.05, 3.63) is 29.8 Å². The molecular weight excluding hydrogens is 280 g/mol. The molecule has 0 unspecified atom stereocenters. The Morgan fingerprint density at radius 3 is 2.52 bits per heavy atom. The summed E-state index contributed by atoms with van der Waals surface area (Å²) in [5.41, 5.74) is 6.97. The van der Waals surface area contributed by atoms with E-state index < -0.39 is 0 Å². The summed E-state index contributed by atoms with van der Waals surface area (Å²) in [6.45, 7) is 4.35. The van der Waals surface area contributed by atoms with Gasteiger partial charge in [-0.3, -0.25) is 4.79 Å². The van der Waals surface area contributed by atoms with Crippen molar-refractivity contribution in [3.63, 3.8) is 0 Å². The minimum Gasteiger partial charge on any atom is -0.389 e. The molecule has 1 aromatic carbocycles. The van der Waals surface area contributed by atoms with Crippen molar-refractivity contribution in [3.8, 4) is 0 Å². The number of thiocarbonyl (C=S) groups is 1. The second-order valence-electron chi connectivity index (χ2n) is 6.45. The Hall–Kier alpha value is -1.42. The summed E-state index contributed by atoms with van der Waals surface area (Å²) in [6, 6.07) is 7.48. The van der Waals surface area contributed by atoms with E-state index in [1.54, 1.807) is 0 Å². The van der Waals surface area contributed by atoms with Crippen LogP contribution in [-0.2, 0) is 4.79 Å². The Labute approximate surface area is 132 Å². The minimum absolute atomic E-state index is 0.123. The molecule has 1 aliphatic carbocycles. The molecule has 0 aromatic heterocycles. The smallest absolute Gasteiger partial charge is 0.230 e. The second-order valence-corrected chi connectivity index (χ2v) is 6.89. The van der Waals surface area contributed by atoms with Gasteiger partial charge in [-0.25, -0.2) is 0 Å². The maximum absolute atomic E-state index is 12.9. The number of benzene rings is 1. The summed E-state index contributed by atoms with van der Waals surface area (Å²) in [6.07, 6.45) is 5.17. The molecule has 1 fully saturated rings. The van der Waals surface area contributed by atoms with Crippen molar-refractivity contribution in [1.29, 1.82) is 0 Å². The summed E-state index contributed by atoms with van der Waals surface area (Å²) in [7, 11) is 0. The molecule has 3 nitrogen and oxygen atoms in total. The topological polar surface area (TPSA) is 55.1 Å². The Balaban J connectivity index is 2.22. The van der Waals surface area contributed by atoms with Crippen LogP contribution in [0.25, 0.3) is 0 Å². The lowest BCUT2D eigenvalue weighted by Crippen LogP contribution is -2.35. The van der Waals surface area contributed by atoms with Gasteiger partial charge in [0.2, 0.25) is 5.91 Å². The van der Waals surface area contributed by atoms with Gasteiger partial charge in [-0.15, -0.1) is 0 Å². The monoisotopic (exact) mass is 304 g/mol. The molecule has 1 aliphatic rings. The van der Waals surface area contributed by atoms with Gasteiger partial charge in [0.15, 0.2) is 0 Å². The van der Waals surface area contributed by atoms with Crippen LogP contribution in [-0.4, -0.2) is 10.9 Å². The predicted molar refractivity (Wildman–Crippen MR) is 91.3 cm³/mol. The van der Waals surface area contributed by atoms with Crippen LogP contribution in [0.2, 0.25) is 0 Å². The largest absolute Gasteiger partial charge is 0.389 e. The molecule has 0 aliphatic heterocycles. The molecule has 21 heavy (non-hydrogen) atoms. The lowest BCUT2D eigenvalue weighted by Gasteiger charge is -2.29. The van der Waals surface area contributed by atoms with Crippen LogP contribution in [0.5, 0.6) is 0 Å². The van der Waals surface area contributed by atoms with Crippen molar-refractivity contribution in [2.24, 2.45) is 17.1 Å². The van der Waals surface area contributed by atoms with Crippen molar-refractivity contribution in [2.45, 2.75) is 46.0 Å². The molecule has 0 spiro atoms. The quantitative estimate of drug-likeness (QED) is 0.812. The number of nitrogens with two attached hydrogens (primary N) is 1. The second kappa shape index (κ2) is 6.56. The first-order chi connectivity index (χ1) is 9.94. The normalized spacial score (nSPS) is 16.9. The van der Waals surface area contributed by atoms with Gasteiger partial charge in [-0.05, 0) is 37.3 Å². The van der Waals surface area contributed by atoms with Crippen LogP contribution in [0.1, 0.15) is 51.5 Å². The highest BCUT2D eigenvalue weighted by Crippen LogP contribution is 2.44. The van der Waals surface area contributed by atoms with E-state index in [-0.39, 0.29) is 11.3 Å².